The molecule has 0 atom stereocenters. The van der Waals surface area contributed by atoms with Crippen molar-refractivity contribution >= 4 is 23.3 Å². The van der Waals surface area contributed by atoms with Gasteiger partial charge >= 0.3 is 16.5 Å². The van der Waals surface area contributed by atoms with Crippen LogP contribution in [-0.2, 0) is 42.2 Å². The van der Waals surface area contributed by atoms with E-state index in [-0.39, 0.29) is 16.5 Å². The zero-order valence-electron chi connectivity index (χ0n) is 33.3. The summed E-state index contributed by atoms with van der Waals surface area (Å²) in [7, 11) is 7.00. The Bertz CT molecular complexity index is 1280. The van der Waals surface area contributed by atoms with Crippen molar-refractivity contribution in [3.63, 3.8) is 0 Å². The number of nitrogens with zero attached hydrogens (tertiary/aromatic N) is 4. The molecule has 0 amide bonds. The first-order chi connectivity index (χ1) is 23.9. The molecule has 0 spiro atoms. The summed E-state index contributed by atoms with van der Waals surface area (Å²) in [6.07, 6.45) is 22.0. The predicted octanol–water partition coefficient (Wildman–Crippen LogP) is 14.0. The molecule has 0 bridgehead atoms. The molecule has 0 saturated heterocycles. The van der Waals surface area contributed by atoms with Gasteiger partial charge in [0.25, 0.3) is 0 Å². The summed E-state index contributed by atoms with van der Waals surface area (Å²) in [5, 5.41) is 7.00. The fraction of sp³-hybridized carbons (Fsp3) is 0.556. The topological polar surface area (TPSA) is 52.9 Å². The third-order valence-electron chi connectivity index (χ3n) is 8.48. The minimum Gasteiger partial charge on any atom is -0.668 e. The Hall–Kier alpha value is -2.59. The normalized spacial score (nSPS) is 11.0. The maximum Gasteiger partial charge on any atom is 2.00 e. The van der Waals surface area contributed by atoms with Crippen LogP contribution in [0.3, 0.4) is 0 Å². The molecule has 50 heavy (non-hydrogen) atoms. The number of aryl methyl sites for hydroxylation is 3. The van der Waals surface area contributed by atoms with Crippen molar-refractivity contribution in [3.05, 3.63) is 93.6 Å². The molecule has 0 N–H and O–H groups in total. The van der Waals surface area contributed by atoms with E-state index in [1.165, 1.54) is 111 Å². The van der Waals surface area contributed by atoms with Crippen LogP contribution in [0.15, 0.2) is 70.6 Å². The third-order valence-corrected chi connectivity index (χ3v) is 8.48. The molecule has 5 heteroatoms. The van der Waals surface area contributed by atoms with Crippen molar-refractivity contribution in [2.24, 2.45) is 9.98 Å². The Balaban J connectivity index is 0.00000319. The monoisotopic (exact) mass is 724 g/mol. The fourth-order valence-electron chi connectivity index (χ4n) is 5.94. The molecule has 0 heterocycles. The zero-order chi connectivity index (χ0) is 36.1. The zero-order valence-corrected chi connectivity index (χ0v) is 34.3. The molecular formula is C45H70N4Ni. The van der Waals surface area contributed by atoms with E-state index in [0.29, 0.717) is 0 Å². The van der Waals surface area contributed by atoms with Crippen LogP contribution in [0.5, 0.6) is 0 Å². The van der Waals surface area contributed by atoms with Crippen LogP contribution in [-0.4, -0.2) is 40.1 Å². The molecule has 0 aliphatic carbocycles. The predicted molar refractivity (Wildman–Crippen MR) is 223 cm³/mol. The first kappa shape index (κ1) is 47.4. The number of hydrogen-bond acceptors (Lipinski definition) is 2. The van der Waals surface area contributed by atoms with E-state index in [9.17, 15) is 0 Å². The molecule has 3 aromatic rings. The van der Waals surface area contributed by atoms with Gasteiger partial charge in [-0.05, 0) is 116 Å². The molecule has 4 nitrogen and oxygen atoms in total. The summed E-state index contributed by atoms with van der Waals surface area (Å²) >= 11 is 0. The van der Waals surface area contributed by atoms with E-state index < -0.39 is 0 Å². The van der Waals surface area contributed by atoms with Gasteiger partial charge in [0.15, 0.2) is 0 Å². The second-order valence-corrected chi connectivity index (χ2v) is 13.2. The van der Waals surface area contributed by atoms with Crippen LogP contribution in [0.4, 0.5) is 11.4 Å². The largest absolute Gasteiger partial charge is 2.00 e. The quantitative estimate of drug-likeness (QED) is 0.0633. The smallest absolute Gasteiger partial charge is 0.668 e. The van der Waals surface area contributed by atoms with Crippen molar-refractivity contribution in [2.45, 2.75) is 137 Å². The van der Waals surface area contributed by atoms with E-state index in [1.54, 1.807) is 33.8 Å². The Labute approximate surface area is 318 Å². The van der Waals surface area contributed by atoms with Gasteiger partial charge < -0.3 is 10.6 Å². The van der Waals surface area contributed by atoms with E-state index in [2.05, 4.69) is 106 Å². The molecular weight excluding hydrogens is 655 g/mol. The van der Waals surface area contributed by atoms with Gasteiger partial charge in [0.2, 0.25) is 0 Å². The summed E-state index contributed by atoms with van der Waals surface area (Å²) in [6.45, 7) is 11.2. The Morgan fingerprint density at radius 2 is 1.06 bits per heavy atom. The fourth-order valence-corrected chi connectivity index (χ4v) is 5.94. The third kappa shape index (κ3) is 19.7. The Kier molecular flexibility index (Phi) is 29.6. The molecule has 0 radical (unpaired) electrons. The van der Waals surface area contributed by atoms with Crippen molar-refractivity contribution in [1.29, 1.82) is 0 Å². The van der Waals surface area contributed by atoms with Gasteiger partial charge in [0.05, 0.1) is 17.1 Å². The van der Waals surface area contributed by atoms with Crippen molar-refractivity contribution < 1.29 is 16.5 Å². The number of aliphatic imine (C=N–C) groups is 2. The van der Waals surface area contributed by atoms with Gasteiger partial charge in [0.1, 0.15) is 0 Å². The number of hydrogen-bond donors (Lipinski definition) is 0. The van der Waals surface area contributed by atoms with E-state index in [1.807, 2.05) is 6.21 Å². The van der Waals surface area contributed by atoms with Crippen LogP contribution >= 0.6 is 0 Å². The molecule has 0 unspecified atom stereocenters. The molecule has 0 saturated carbocycles. The first-order valence-corrected chi connectivity index (χ1v) is 19.3. The summed E-state index contributed by atoms with van der Waals surface area (Å²) < 4.78 is 0. The SMILES string of the molecule is CCCCCCCCc1c(CCCC)cc(N=C(C)C=Nc2ccc(CCCC)c(-c3ccccc3)c2)cc1CCCC.C[N-]C.C[N-]C.[Ni+2]. The molecule has 3 aromatic carbocycles. The minimum absolute atomic E-state index is 0. The van der Waals surface area contributed by atoms with Crippen LogP contribution in [0.1, 0.15) is 134 Å². The van der Waals surface area contributed by atoms with Crippen LogP contribution < -0.4 is 0 Å². The maximum atomic E-state index is 5.09. The molecule has 3 rings (SSSR count). The van der Waals surface area contributed by atoms with E-state index >= 15 is 0 Å². The molecule has 0 aromatic heterocycles. The van der Waals surface area contributed by atoms with Crippen LogP contribution in [0.25, 0.3) is 21.8 Å². The molecule has 0 fully saturated rings. The minimum atomic E-state index is 0. The van der Waals surface area contributed by atoms with Crippen molar-refractivity contribution in [2.75, 3.05) is 28.2 Å². The van der Waals surface area contributed by atoms with Gasteiger partial charge in [0, 0.05) is 6.21 Å². The number of benzene rings is 3. The van der Waals surface area contributed by atoms with E-state index in [0.717, 1.165) is 36.3 Å². The second-order valence-electron chi connectivity index (χ2n) is 13.2. The molecule has 280 valence electrons. The average molecular weight is 726 g/mol. The van der Waals surface area contributed by atoms with Gasteiger partial charge in [-0.2, -0.15) is 28.2 Å². The maximum absolute atomic E-state index is 5.09. The van der Waals surface area contributed by atoms with Gasteiger partial charge in [-0.25, -0.2) is 0 Å². The van der Waals surface area contributed by atoms with Gasteiger partial charge in [-0.3, -0.25) is 9.98 Å². The summed E-state index contributed by atoms with van der Waals surface area (Å²) in [6, 6.07) is 22.1. The van der Waals surface area contributed by atoms with Crippen LogP contribution in [0, 0.1) is 0 Å². The van der Waals surface area contributed by atoms with E-state index in [4.69, 9.17) is 9.98 Å². The summed E-state index contributed by atoms with van der Waals surface area (Å²) in [5.41, 5.74) is 11.7. The van der Waals surface area contributed by atoms with Crippen molar-refractivity contribution in [3.8, 4) is 11.1 Å². The Morgan fingerprint density at radius 1 is 0.560 bits per heavy atom. The molecule has 0 aliphatic heterocycles. The number of unbranched alkanes of at least 4 members (excludes halogenated alkanes) is 8. The van der Waals surface area contributed by atoms with Crippen molar-refractivity contribution in [1.82, 2.24) is 0 Å². The van der Waals surface area contributed by atoms with Gasteiger partial charge in [-0.1, -0.05) is 115 Å². The molecule has 0 aliphatic rings. The summed E-state index contributed by atoms with van der Waals surface area (Å²) in [5.74, 6) is 0. The van der Waals surface area contributed by atoms with Crippen LogP contribution in [0.2, 0.25) is 0 Å². The van der Waals surface area contributed by atoms with Gasteiger partial charge in [-0.15, -0.1) is 0 Å². The number of rotatable bonds is 20. The first-order valence-electron chi connectivity index (χ1n) is 19.3. The summed E-state index contributed by atoms with van der Waals surface area (Å²) in [4.78, 5) is 9.98. The Morgan fingerprint density at radius 3 is 1.60 bits per heavy atom. The standard InChI is InChI=1S/C41H58N2.2C2H6N.Ni/c1-6-10-14-15-16-20-26-40-36(22-12-8-3)29-39(30-37(40)23-13-9-4)43-33(5)32-42-38-28-27-35(21-11-7-2)41(31-38)34-24-18-17-19-25-34;2*1-3-2;/h17-19,24-25,27-32H,6-16,20-23,26H2,1-5H3;2*1-2H3;/q;2*-1;+2. The second kappa shape index (κ2) is 31.2. The average Bonchev–Trinajstić information content (AvgIpc) is 3.11.